The molecule has 4 heterocycles. The molecule has 4 heteroatoms. The molecule has 0 amide bonds. The summed E-state index contributed by atoms with van der Waals surface area (Å²) in [5, 5.41) is 24.7. The minimum absolute atomic E-state index is 0.999. The van der Waals surface area contributed by atoms with Crippen molar-refractivity contribution in [2.75, 3.05) is 0 Å². The molecule has 0 spiro atoms. The van der Waals surface area contributed by atoms with Crippen molar-refractivity contribution in [2.24, 2.45) is 0 Å². The van der Waals surface area contributed by atoms with Crippen molar-refractivity contribution >= 4 is 141 Å². The fraction of sp³-hybridized carbons (Fsp3) is 0. The second-order valence-electron chi connectivity index (χ2n) is 17.6. The molecule has 0 aliphatic heterocycles. The largest absolute Gasteiger partial charge is 0.306 e. The van der Waals surface area contributed by atoms with E-state index in [4.69, 9.17) is 9.97 Å². The zero-order valence-corrected chi connectivity index (χ0v) is 34.3. The average Bonchev–Trinajstić information content (AvgIpc) is 3.89. The Bertz CT molecular complexity index is 4390. The number of aromatic nitrogens is 4. The Morgan fingerprint density at radius 1 is 0.250 bits per heavy atom. The second-order valence-corrected chi connectivity index (χ2v) is 17.6. The summed E-state index contributed by atoms with van der Waals surface area (Å²) < 4.78 is 5.08. The Morgan fingerprint density at radius 3 is 1.03 bits per heavy atom. The highest BCUT2D eigenvalue weighted by molar-refractivity contribution is 6.44. The van der Waals surface area contributed by atoms with Crippen molar-refractivity contribution in [3.05, 3.63) is 194 Å². The normalized spacial score (nSPS) is 12.7. The second kappa shape index (κ2) is 11.6. The molecule has 0 bridgehead atoms. The van der Waals surface area contributed by atoms with Crippen LogP contribution in [0.5, 0.6) is 0 Å². The summed E-state index contributed by atoms with van der Waals surface area (Å²) in [5.41, 5.74) is 8.79. The summed E-state index contributed by atoms with van der Waals surface area (Å²) in [7, 11) is 0. The maximum atomic E-state index is 5.25. The van der Waals surface area contributed by atoms with Crippen LogP contribution < -0.4 is 0 Å². The SMILES string of the molecule is c1cc2ccc3ccc(-n4c5cccnc5c5c6ccccc6c6c(c7ccccc7c7c8ncccc8n(-c8ccc9ccc%10cccc%11ccc8c9c%10%11)c76)c54)c4ccc(c1)c2c34. The Balaban J connectivity index is 1.19. The quantitative estimate of drug-likeness (QED) is 0.163. The first-order valence-electron chi connectivity index (χ1n) is 22.1. The van der Waals surface area contributed by atoms with Gasteiger partial charge in [-0.3, -0.25) is 9.97 Å². The van der Waals surface area contributed by atoms with E-state index >= 15 is 0 Å². The van der Waals surface area contributed by atoms with Gasteiger partial charge in [0.05, 0.1) is 44.5 Å². The first kappa shape index (κ1) is 33.1. The Morgan fingerprint density at radius 2 is 0.609 bits per heavy atom. The van der Waals surface area contributed by atoms with Gasteiger partial charge in [0, 0.05) is 44.7 Å². The van der Waals surface area contributed by atoms with E-state index in [2.05, 4.69) is 191 Å². The first-order valence-corrected chi connectivity index (χ1v) is 22.1. The molecule has 0 saturated heterocycles. The van der Waals surface area contributed by atoms with E-state index in [9.17, 15) is 0 Å². The monoisotopic (exact) mass is 808 g/mol. The van der Waals surface area contributed by atoms with Gasteiger partial charge in [-0.05, 0) is 112 Å². The standard InChI is InChI=1S/C60H32N4/c1-3-15-41-39(13-1)53-54(60-55(41)57-47(17-7-31-61-57)64(60)46-30-26-38-22-20-34-10-6-12-36-24-28-44(46)52(38)50(34)36)40-14-2-4-16-42(40)56-58-48(18-8-32-62-58)63(59(53)56)45-29-25-37-21-19-33-9-5-11-35-23-27-43(45)51(37)49(33)35/h1-32H. The lowest BCUT2D eigenvalue weighted by Gasteiger charge is -2.20. The summed E-state index contributed by atoms with van der Waals surface area (Å²) in [6.45, 7) is 0. The van der Waals surface area contributed by atoms with E-state index in [1.165, 1.54) is 97.0 Å². The molecule has 0 aliphatic rings. The molecular weight excluding hydrogens is 777 g/mol. The van der Waals surface area contributed by atoms with Crippen LogP contribution >= 0.6 is 0 Å². The van der Waals surface area contributed by atoms with Crippen LogP contribution in [-0.4, -0.2) is 19.1 Å². The van der Waals surface area contributed by atoms with Gasteiger partial charge in [-0.1, -0.05) is 146 Å². The minimum Gasteiger partial charge on any atom is -0.306 e. The zero-order chi connectivity index (χ0) is 41.4. The van der Waals surface area contributed by atoms with E-state index in [0.717, 1.165) is 55.2 Å². The van der Waals surface area contributed by atoms with Crippen molar-refractivity contribution in [2.45, 2.75) is 0 Å². The van der Waals surface area contributed by atoms with E-state index < -0.39 is 0 Å². The van der Waals surface area contributed by atoms with Crippen LogP contribution in [0, 0.1) is 0 Å². The molecule has 4 nitrogen and oxygen atoms in total. The summed E-state index contributed by atoms with van der Waals surface area (Å²) in [5.74, 6) is 0. The molecular formula is C60H32N4. The van der Waals surface area contributed by atoms with E-state index in [0.29, 0.717) is 0 Å². The van der Waals surface area contributed by atoms with Gasteiger partial charge >= 0.3 is 0 Å². The number of benzene rings is 12. The lowest BCUT2D eigenvalue weighted by molar-refractivity contribution is 1.20. The van der Waals surface area contributed by atoms with Gasteiger partial charge in [0.25, 0.3) is 0 Å². The predicted molar refractivity (Wildman–Crippen MR) is 271 cm³/mol. The van der Waals surface area contributed by atoms with E-state index in [-0.39, 0.29) is 0 Å². The van der Waals surface area contributed by atoms with Crippen LogP contribution in [0.2, 0.25) is 0 Å². The molecule has 0 N–H and O–H groups in total. The molecule has 16 aromatic rings. The Kier molecular flexibility index (Phi) is 6.02. The lowest BCUT2D eigenvalue weighted by Crippen LogP contribution is -2.00. The highest BCUT2D eigenvalue weighted by Crippen LogP contribution is 2.51. The Labute approximate surface area is 364 Å². The number of hydrogen-bond acceptors (Lipinski definition) is 2. The van der Waals surface area contributed by atoms with Crippen LogP contribution in [-0.2, 0) is 0 Å². The summed E-state index contributed by atoms with van der Waals surface area (Å²) in [6, 6.07) is 67.7. The molecule has 64 heavy (non-hydrogen) atoms. The van der Waals surface area contributed by atoms with Crippen molar-refractivity contribution in [1.29, 1.82) is 0 Å². The molecule has 12 aromatic carbocycles. The van der Waals surface area contributed by atoms with Gasteiger partial charge in [0.15, 0.2) is 0 Å². The van der Waals surface area contributed by atoms with Crippen molar-refractivity contribution < 1.29 is 0 Å². The van der Waals surface area contributed by atoms with Gasteiger partial charge in [-0.25, -0.2) is 0 Å². The fourth-order valence-corrected chi connectivity index (χ4v) is 12.1. The molecule has 0 saturated carbocycles. The van der Waals surface area contributed by atoms with Crippen LogP contribution in [0.3, 0.4) is 0 Å². The highest BCUT2D eigenvalue weighted by Gasteiger charge is 2.28. The molecule has 4 aromatic heterocycles. The molecule has 0 aliphatic carbocycles. The summed E-state index contributed by atoms with van der Waals surface area (Å²) in [6.07, 6.45) is 3.90. The van der Waals surface area contributed by atoms with Gasteiger partial charge in [-0.2, -0.15) is 0 Å². The van der Waals surface area contributed by atoms with Crippen LogP contribution in [0.1, 0.15) is 0 Å². The molecule has 0 atom stereocenters. The van der Waals surface area contributed by atoms with Crippen molar-refractivity contribution in [3.63, 3.8) is 0 Å². The van der Waals surface area contributed by atoms with E-state index in [1.807, 2.05) is 12.4 Å². The number of fused-ring (bicyclic) bond motifs is 15. The zero-order valence-electron chi connectivity index (χ0n) is 34.3. The maximum absolute atomic E-state index is 5.25. The average molecular weight is 809 g/mol. The Hall–Kier alpha value is -8.60. The third-order valence-corrected chi connectivity index (χ3v) is 14.6. The molecule has 0 unspecified atom stereocenters. The van der Waals surface area contributed by atoms with Crippen molar-refractivity contribution in [3.8, 4) is 11.4 Å². The molecule has 0 radical (unpaired) electrons. The van der Waals surface area contributed by atoms with Crippen LogP contribution in [0.25, 0.3) is 152 Å². The van der Waals surface area contributed by atoms with Crippen LogP contribution in [0.4, 0.5) is 0 Å². The number of rotatable bonds is 2. The molecule has 0 fully saturated rings. The van der Waals surface area contributed by atoms with Gasteiger partial charge in [-0.15, -0.1) is 0 Å². The number of pyridine rings is 2. The van der Waals surface area contributed by atoms with Crippen molar-refractivity contribution in [1.82, 2.24) is 19.1 Å². The minimum atomic E-state index is 0.999. The summed E-state index contributed by atoms with van der Waals surface area (Å²) in [4.78, 5) is 10.5. The maximum Gasteiger partial charge on any atom is 0.0969 e. The third-order valence-electron chi connectivity index (χ3n) is 14.6. The third kappa shape index (κ3) is 3.92. The first-order chi connectivity index (χ1) is 31.8. The highest BCUT2D eigenvalue weighted by atomic mass is 15.0. The number of nitrogens with zero attached hydrogens (tertiary/aromatic N) is 4. The lowest BCUT2D eigenvalue weighted by atomic mass is 9.90. The van der Waals surface area contributed by atoms with Gasteiger partial charge < -0.3 is 9.13 Å². The number of hydrogen-bond donors (Lipinski definition) is 0. The summed E-state index contributed by atoms with van der Waals surface area (Å²) >= 11 is 0. The predicted octanol–water partition coefficient (Wildman–Crippen LogP) is 15.9. The topological polar surface area (TPSA) is 35.6 Å². The van der Waals surface area contributed by atoms with Gasteiger partial charge in [0.2, 0.25) is 0 Å². The molecule has 16 rings (SSSR count). The smallest absolute Gasteiger partial charge is 0.0969 e. The molecule has 292 valence electrons. The fourth-order valence-electron chi connectivity index (χ4n) is 12.1. The van der Waals surface area contributed by atoms with Gasteiger partial charge in [0.1, 0.15) is 0 Å². The van der Waals surface area contributed by atoms with Crippen LogP contribution in [0.15, 0.2) is 194 Å². The van der Waals surface area contributed by atoms with E-state index in [1.54, 1.807) is 0 Å².